The molecule has 0 bridgehead atoms. The third kappa shape index (κ3) is 1.98. The molecule has 0 spiro atoms. The van der Waals surface area contributed by atoms with Gasteiger partial charge in [-0.3, -0.25) is 4.98 Å². The molecule has 1 aromatic carbocycles. The number of hydrogen-bond donors (Lipinski definition) is 0. The maximum absolute atomic E-state index is 12.3. The van der Waals surface area contributed by atoms with Gasteiger partial charge in [0.15, 0.2) is 0 Å². The molecule has 1 aliphatic heterocycles. The second-order valence-electron chi connectivity index (χ2n) is 4.61. The Hall–Kier alpha value is -2.20. The topological polar surface area (TPSA) is 51.7 Å². The minimum Gasteiger partial charge on any atom is -0.464 e. The van der Waals surface area contributed by atoms with Crippen molar-refractivity contribution in [2.45, 2.75) is 18.6 Å². The summed E-state index contributed by atoms with van der Waals surface area (Å²) < 4.78 is 11.0. The Bertz CT molecular complexity index is 600. The predicted molar refractivity (Wildman–Crippen MR) is 72.8 cm³/mol. The van der Waals surface area contributed by atoms with E-state index in [0.29, 0.717) is 6.61 Å². The van der Waals surface area contributed by atoms with E-state index in [0.717, 1.165) is 11.1 Å². The Kier molecular flexibility index (Phi) is 3.24. The van der Waals surface area contributed by atoms with E-state index >= 15 is 0 Å². The number of benzene rings is 1. The molecule has 20 heavy (non-hydrogen) atoms. The molecule has 2 unspecified atom stereocenters. The Morgan fingerprint density at radius 2 is 2.10 bits per heavy atom. The summed E-state index contributed by atoms with van der Waals surface area (Å²) in [7, 11) is 0. The van der Waals surface area contributed by atoms with Gasteiger partial charge >= 0.3 is 5.97 Å². The van der Waals surface area contributed by atoms with Gasteiger partial charge in [-0.1, -0.05) is 36.4 Å². The lowest BCUT2D eigenvalue weighted by Crippen LogP contribution is -2.25. The van der Waals surface area contributed by atoms with Crippen LogP contribution in [0.1, 0.15) is 24.2 Å². The predicted octanol–water partition coefficient (Wildman–Crippen LogP) is 2.61. The minimum atomic E-state index is -1.03. The van der Waals surface area contributed by atoms with E-state index in [1.54, 1.807) is 19.3 Å². The van der Waals surface area contributed by atoms with Crippen molar-refractivity contribution >= 4 is 5.97 Å². The number of epoxide rings is 1. The Balaban J connectivity index is 1.98. The number of carbonyl (C=O) groups is 1. The van der Waals surface area contributed by atoms with Gasteiger partial charge in [0.25, 0.3) is 0 Å². The van der Waals surface area contributed by atoms with Crippen molar-refractivity contribution < 1.29 is 14.3 Å². The number of carbonyl (C=O) groups excluding carboxylic acids is 1. The largest absolute Gasteiger partial charge is 0.464 e. The van der Waals surface area contributed by atoms with Gasteiger partial charge < -0.3 is 9.47 Å². The van der Waals surface area contributed by atoms with Crippen LogP contribution in [0.4, 0.5) is 0 Å². The van der Waals surface area contributed by atoms with E-state index < -0.39 is 5.60 Å². The summed E-state index contributed by atoms with van der Waals surface area (Å²) >= 11 is 0. The van der Waals surface area contributed by atoms with E-state index in [9.17, 15) is 4.79 Å². The first kappa shape index (κ1) is 12.8. The average molecular weight is 269 g/mol. The van der Waals surface area contributed by atoms with E-state index in [1.165, 1.54) is 0 Å². The third-order valence-electron chi connectivity index (χ3n) is 3.38. The van der Waals surface area contributed by atoms with Crippen molar-refractivity contribution in [3.8, 4) is 0 Å². The molecule has 0 N–H and O–H groups in total. The van der Waals surface area contributed by atoms with Crippen LogP contribution in [-0.4, -0.2) is 17.6 Å². The smallest absolute Gasteiger partial charge is 0.346 e. The van der Waals surface area contributed by atoms with Crippen molar-refractivity contribution in [2.75, 3.05) is 6.61 Å². The molecule has 2 heterocycles. The number of esters is 1. The fourth-order valence-electron chi connectivity index (χ4n) is 2.40. The molecule has 0 saturated carbocycles. The van der Waals surface area contributed by atoms with Crippen LogP contribution >= 0.6 is 0 Å². The fraction of sp³-hybridized carbons (Fsp3) is 0.250. The Morgan fingerprint density at radius 1 is 1.30 bits per heavy atom. The third-order valence-corrected chi connectivity index (χ3v) is 3.38. The number of hydrogen-bond acceptors (Lipinski definition) is 4. The van der Waals surface area contributed by atoms with E-state index in [1.807, 2.05) is 42.5 Å². The number of rotatable bonds is 4. The van der Waals surface area contributed by atoms with E-state index in [-0.39, 0.29) is 12.1 Å². The molecule has 0 radical (unpaired) electrons. The van der Waals surface area contributed by atoms with Crippen molar-refractivity contribution in [3.05, 3.63) is 66.0 Å². The van der Waals surface area contributed by atoms with Crippen LogP contribution in [0.3, 0.4) is 0 Å². The summed E-state index contributed by atoms with van der Waals surface area (Å²) in [4.78, 5) is 16.4. The zero-order valence-corrected chi connectivity index (χ0v) is 11.2. The molecule has 2 atom stereocenters. The lowest BCUT2D eigenvalue weighted by molar-refractivity contribution is -0.150. The van der Waals surface area contributed by atoms with Crippen molar-refractivity contribution in [2.24, 2.45) is 0 Å². The van der Waals surface area contributed by atoms with Crippen LogP contribution < -0.4 is 0 Å². The first-order valence-corrected chi connectivity index (χ1v) is 6.59. The fourth-order valence-corrected chi connectivity index (χ4v) is 2.40. The number of nitrogens with zero attached hydrogens (tertiary/aromatic N) is 1. The van der Waals surface area contributed by atoms with Crippen LogP contribution in [0.5, 0.6) is 0 Å². The van der Waals surface area contributed by atoms with Gasteiger partial charge in [0, 0.05) is 18.0 Å². The zero-order valence-electron chi connectivity index (χ0n) is 11.2. The molecule has 102 valence electrons. The van der Waals surface area contributed by atoms with Gasteiger partial charge in [0.05, 0.1) is 6.61 Å². The number of pyridine rings is 1. The van der Waals surface area contributed by atoms with Crippen LogP contribution in [-0.2, 0) is 19.9 Å². The van der Waals surface area contributed by atoms with Crippen LogP contribution in [0.15, 0.2) is 54.9 Å². The normalized spacial score (nSPS) is 24.1. The number of aromatic nitrogens is 1. The average Bonchev–Trinajstić information content (AvgIpc) is 3.26. The summed E-state index contributed by atoms with van der Waals surface area (Å²) in [6.07, 6.45) is 3.08. The second-order valence-corrected chi connectivity index (χ2v) is 4.61. The lowest BCUT2D eigenvalue weighted by Gasteiger charge is -2.12. The summed E-state index contributed by atoms with van der Waals surface area (Å²) in [5.74, 6) is -0.347. The highest BCUT2D eigenvalue weighted by molar-refractivity contribution is 5.85. The minimum absolute atomic E-state index is 0.330. The molecular weight excluding hydrogens is 254 g/mol. The van der Waals surface area contributed by atoms with Gasteiger partial charge in [-0.15, -0.1) is 0 Å². The van der Waals surface area contributed by atoms with Crippen LogP contribution in [0.2, 0.25) is 0 Å². The van der Waals surface area contributed by atoms with Gasteiger partial charge in [0.1, 0.15) is 6.10 Å². The van der Waals surface area contributed by atoms with Crippen LogP contribution in [0, 0.1) is 0 Å². The van der Waals surface area contributed by atoms with Gasteiger partial charge in [-0.2, -0.15) is 0 Å². The second kappa shape index (κ2) is 5.06. The SMILES string of the molecule is CCOC(=O)C1(c2ccccc2)OC1c1cccnc1. The molecule has 4 nitrogen and oxygen atoms in total. The molecule has 2 aromatic rings. The van der Waals surface area contributed by atoms with Gasteiger partial charge in [0.2, 0.25) is 5.60 Å². The molecule has 4 heteroatoms. The first-order valence-electron chi connectivity index (χ1n) is 6.59. The molecule has 1 fully saturated rings. The molecule has 0 amide bonds. The van der Waals surface area contributed by atoms with Crippen LogP contribution in [0.25, 0.3) is 0 Å². The van der Waals surface area contributed by atoms with Crippen molar-refractivity contribution in [1.82, 2.24) is 4.98 Å². The molecule has 0 aliphatic carbocycles. The summed E-state index contributed by atoms with van der Waals surface area (Å²) in [6, 6.07) is 13.2. The highest BCUT2D eigenvalue weighted by Crippen LogP contribution is 2.57. The van der Waals surface area contributed by atoms with E-state index in [4.69, 9.17) is 9.47 Å². The molecular formula is C16H15NO3. The highest BCUT2D eigenvalue weighted by atomic mass is 16.7. The van der Waals surface area contributed by atoms with Crippen molar-refractivity contribution in [1.29, 1.82) is 0 Å². The summed E-state index contributed by atoms with van der Waals surface area (Å²) in [5.41, 5.74) is 0.664. The maximum Gasteiger partial charge on any atom is 0.346 e. The summed E-state index contributed by atoms with van der Waals surface area (Å²) in [6.45, 7) is 2.12. The lowest BCUT2D eigenvalue weighted by atomic mass is 9.92. The maximum atomic E-state index is 12.3. The standard InChI is InChI=1S/C16H15NO3/c1-2-19-15(18)16(13-8-4-3-5-9-13)14(20-16)12-7-6-10-17-11-12/h3-11,14H,2H2,1H3. The molecule has 3 rings (SSSR count). The van der Waals surface area contributed by atoms with Gasteiger partial charge in [-0.25, -0.2) is 4.79 Å². The van der Waals surface area contributed by atoms with E-state index in [2.05, 4.69) is 4.98 Å². The summed E-state index contributed by atoms with van der Waals surface area (Å²) in [5, 5.41) is 0. The Morgan fingerprint density at radius 3 is 2.75 bits per heavy atom. The Labute approximate surface area is 117 Å². The number of ether oxygens (including phenoxy) is 2. The first-order chi connectivity index (χ1) is 9.79. The quantitative estimate of drug-likeness (QED) is 0.632. The van der Waals surface area contributed by atoms with Gasteiger partial charge in [-0.05, 0) is 18.6 Å². The molecule has 1 saturated heterocycles. The molecule has 1 aliphatic rings. The highest BCUT2D eigenvalue weighted by Gasteiger charge is 2.65. The van der Waals surface area contributed by atoms with Crippen molar-refractivity contribution in [3.63, 3.8) is 0 Å². The monoisotopic (exact) mass is 269 g/mol. The zero-order chi connectivity index (χ0) is 14.0. The molecule has 1 aromatic heterocycles.